The smallest absolute Gasteiger partial charge is 0.185 e. The molecule has 0 N–H and O–H groups in total. The highest BCUT2D eigenvalue weighted by atomic mass is 32.2. The van der Waals surface area contributed by atoms with Crippen molar-refractivity contribution in [3.8, 4) is 6.07 Å². The minimum absolute atomic E-state index is 0.0306. The van der Waals surface area contributed by atoms with Crippen molar-refractivity contribution < 1.29 is 17.6 Å². The van der Waals surface area contributed by atoms with Crippen molar-refractivity contribution in [2.45, 2.75) is 4.90 Å². The van der Waals surface area contributed by atoms with E-state index in [1.54, 1.807) is 0 Å². The summed E-state index contributed by atoms with van der Waals surface area (Å²) in [5.74, 6) is -1.81. The summed E-state index contributed by atoms with van der Waals surface area (Å²) in [6.45, 7) is 0. The maximum Gasteiger partial charge on any atom is 0.185 e. The van der Waals surface area contributed by atoms with E-state index in [0.29, 0.717) is 5.56 Å². The molecule has 2 aromatic carbocycles. The van der Waals surface area contributed by atoms with Gasteiger partial charge >= 0.3 is 0 Å². The molecule has 0 saturated heterocycles. The summed E-state index contributed by atoms with van der Waals surface area (Å²) in [7, 11) is -3.80. The highest BCUT2D eigenvalue weighted by Crippen LogP contribution is 2.14. The number of halogens is 1. The van der Waals surface area contributed by atoms with Gasteiger partial charge in [0.15, 0.2) is 15.6 Å². The molecule has 0 aliphatic carbocycles. The second-order valence-corrected chi connectivity index (χ2v) is 6.31. The molecule has 0 saturated carbocycles. The summed E-state index contributed by atoms with van der Waals surface area (Å²) < 4.78 is 37.0. The Hall–Kier alpha value is -2.52. The number of carbonyl (C=O) groups is 1. The first-order chi connectivity index (χ1) is 9.92. The molecule has 0 unspecified atom stereocenters. The molecular weight excluding hydrogens is 293 g/mol. The second kappa shape index (κ2) is 5.85. The average molecular weight is 303 g/mol. The summed E-state index contributed by atoms with van der Waals surface area (Å²) in [6.07, 6.45) is 0. The molecule has 4 nitrogen and oxygen atoms in total. The van der Waals surface area contributed by atoms with E-state index in [0.717, 1.165) is 12.1 Å². The molecule has 0 aliphatic heterocycles. The highest BCUT2D eigenvalue weighted by Gasteiger charge is 2.20. The maximum absolute atomic E-state index is 12.8. The summed E-state index contributed by atoms with van der Waals surface area (Å²) in [6, 6.07) is 11.9. The van der Waals surface area contributed by atoms with Gasteiger partial charge in [-0.25, -0.2) is 12.8 Å². The third-order valence-corrected chi connectivity index (χ3v) is 4.46. The molecule has 2 rings (SSSR count). The summed E-state index contributed by atoms with van der Waals surface area (Å²) in [5, 5.41) is 8.66. The zero-order valence-electron chi connectivity index (χ0n) is 10.8. The largest absolute Gasteiger partial charge is 0.293 e. The lowest BCUT2D eigenvalue weighted by Crippen LogP contribution is -2.16. The predicted octanol–water partition coefficient (Wildman–Crippen LogP) is 2.35. The number of hydrogen-bond donors (Lipinski definition) is 0. The van der Waals surface area contributed by atoms with Crippen LogP contribution in [0.3, 0.4) is 0 Å². The van der Waals surface area contributed by atoms with Gasteiger partial charge in [-0.05, 0) is 48.5 Å². The first-order valence-corrected chi connectivity index (χ1v) is 7.59. The summed E-state index contributed by atoms with van der Waals surface area (Å²) in [4.78, 5) is 11.9. The van der Waals surface area contributed by atoms with Crippen LogP contribution in [0.5, 0.6) is 0 Å². The fraction of sp³-hybridized carbons (Fsp3) is 0.0667. The first-order valence-electron chi connectivity index (χ1n) is 5.94. The number of benzene rings is 2. The van der Waals surface area contributed by atoms with Gasteiger partial charge in [-0.1, -0.05) is 0 Å². The molecule has 106 valence electrons. The zero-order chi connectivity index (χ0) is 15.5. The van der Waals surface area contributed by atoms with Crippen molar-refractivity contribution in [2.75, 3.05) is 5.75 Å². The molecule has 0 bridgehead atoms. The van der Waals surface area contributed by atoms with E-state index < -0.39 is 27.2 Å². The van der Waals surface area contributed by atoms with Crippen LogP contribution in [0.25, 0.3) is 0 Å². The number of rotatable bonds is 4. The molecule has 0 atom stereocenters. The van der Waals surface area contributed by atoms with Gasteiger partial charge in [-0.3, -0.25) is 4.79 Å². The number of ketones is 1. The third-order valence-electron chi connectivity index (χ3n) is 2.83. The van der Waals surface area contributed by atoms with Gasteiger partial charge in [0.1, 0.15) is 11.6 Å². The lowest BCUT2D eigenvalue weighted by molar-refractivity contribution is 0.102. The Morgan fingerprint density at radius 2 is 1.62 bits per heavy atom. The number of sulfone groups is 1. The van der Waals surface area contributed by atoms with E-state index >= 15 is 0 Å². The fourth-order valence-electron chi connectivity index (χ4n) is 1.71. The Kier molecular flexibility index (Phi) is 4.15. The molecule has 0 heterocycles. The van der Waals surface area contributed by atoms with Crippen LogP contribution in [-0.4, -0.2) is 20.0 Å². The van der Waals surface area contributed by atoms with Crippen LogP contribution in [-0.2, 0) is 9.84 Å². The molecule has 0 fully saturated rings. The fourth-order valence-corrected chi connectivity index (χ4v) is 2.94. The van der Waals surface area contributed by atoms with Crippen LogP contribution < -0.4 is 0 Å². The van der Waals surface area contributed by atoms with E-state index in [9.17, 15) is 17.6 Å². The van der Waals surface area contributed by atoms with Crippen LogP contribution >= 0.6 is 0 Å². The molecule has 6 heteroatoms. The maximum atomic E-state index is 12.8. The van der Waals surface area contributed by atoms with Crippen LogP contribution in [0, 0.1) is 17.1 Å². The van der Waals surface area contributed by atoms with E-state index in [4.69, 9.17) is 5.26 Å². The lowest BCUT2D eigenvalue weighted by atomic mass is 10.1. The Labute approximate surface area is 121 Å². The van der Waals surface area contributed by atoms with Gasteiger partial charge in [0.2, 0.25) is 0 Å². The molecule has 2 aromatic rings. The third kappa shape index (κ3) is 3.52. The van der Waals surface area contributed by atoms with Crippen molar-refractivity contribution in [3.05, 3.63) is 65.5 Å². The average Bonchev–Trinajstić information content (AvgIpc) is 2.47. The SMILES string of the molecule is N#Cc1ccc(S(=O)(=O)CC(=O)c2ccc(F)cc2)cc1. The van der Waals surface area contributed by atoms with Crippen molar-refractivity contribution in [3.63, 3.8) is 0 Å². The van der Waals surface area contributed by atoms with E-state index in [2.05, 4.69) is 0 Å². The molecule has 0 amide bonds. The van der Waals surface area contributed by atoms with Gasteiger partial charge in [-0.2, -0.15) is 5.26 Å². The Morgan fingerprint density at radius 3 is 2.14 bits per heavy atom. The minimum atomic E-state index is -3.80. The van der Waals surface area contributed by atoms with Crippen molar-refractivity contribution in [1.29, 1.82) is 5.26 Å². The van der Waals surface area contributed by atoms with E-state index in [-0.39, 0.29) is 10.5 Å². The van der Waals surface area contributed by atoms with Gasteiger partial charge in [0, 0.05) is 5.56 Å². The van der Waals surface area contributed by atoms with Crippen LogP contribution in [0.1, 0.15) is 15.9 Å². The molecule has 0 spiro atoms. The lowest BCUT2D eigenvalue weighted by Gasteiger charge is -2.04. The van der Waals surface area contributed by atoms with Gasteiger partial charge < -0.3 is 0 Å². The standard InChI is InChI=1S/C15H10FNO3S/c16-13-5-3-12(4-6-13)15(18)10-21(19,20)14-7-1-11(9-17)2-8-14/h1-8H,10H2. The van der Waals surface area contributed by atoms with Crippen LogP contribution in [0.2, 0.25) is 0 Å². The number of nitrogens with zero attached hydrogens (tertiary/aromatic N) is 1. The normalized spacial score (nSPS) is 10.9. The van der Waals surface area contributed by atoms with Crippen LogP contribution in [0.15, 0.2) is 53.4 Å². The van der Waals surface area contributed by atoms with Crippen molar-refractivity contribution in [1.82, 2.24) is 0 Å². The quantitative estimate of drug-likeness (QED) is 0.813. The molecule has 0 aliphatic rings. The van der Waals surface area contributed by atoms with Crippen LogP contribution in [0.4, 0.5) is 4.39 Å². The number of carbonyl (C=O) groups excluding carboxylic acids is 1. The Balaban J connectivity index is 2.22. The zero-order valence-corrected chi connectivity index (χ0v) is 11.6. The Morgan fingerprint density at radius 1 is 1.05 bits per heavy atom. The Bertz CT molecular complexity index is 803. The van der Waals surface area contributed by atoms with Gasteiger partial charge in [-0.15, -0.1) is 0 Å². The summed E-state index contributed by atoms with van der Waals surface area (Å²) >= 11 is 0. The highest BCUT2D eigenvalue weighted by molar-refractivity contribution is 7.92. The topological polar surface area (TPSA) is 75.0 Å². The first kappa shape index (κ1) is 14.9. The van der Waals surface area contributed by atoms with E-state index in [1.807, 2.05) is 6.07 Å². The van der Waals surface area contributed by atoms with Gasteiger partial charge in [0.05, 0.1) is 16.5 Å². The van der Waals surface area contributed by atoms with Crippen molar-refractivity contribution >= 4 is 15.6 Å². The number of hydrogen-bond acceptors (Lipinski definition) is 4. The van der Waals surface area contributed by atoms with Gasteiger partial charge in [0.25, 0.3) is 0 Å². The molecular formula is C15H10FNO3S. The second-order valence-electron chi connectivity index (χ2n) is 4.33. The number of Topliss-reactive ketones (excluding diaryl/α,β-unsaturated/α-hetero) is 1. The molecule has 0 aromatic heterocycles. The van der Waals surface area contributed by atoms with Crippen molar-refractivity contribution in [2.24, 2.45) is 0 Å². The summed E-state index contributed by atoms with van der Waals surface area (Å²) in [5.41, 5.74) is 0.465. The predicted molar refractivity (Wildman–Crippen MR) is 73.9 cm³/mol. The van der Waals surface area contributed by atoms with E-state index in [1.165, 1.54) is 36.4 Å². The number of nitriles is 1. The molecule has 0 radical (unpaired) electrons. The monoisotopic (exact) mass is 303 g/mol. The minimum Gasteiger partial charge on any atom is -0.293 e. The molecule has 21 heavy (non-hydrogen) atoms.